The second kappa shape index (κ2) is 1.80. The highest BCUT2D eigenvalue weighted by atomic mass is 16.3. The quantitative estimate of drug-likeness (QED) is 0.471. The van der Waals surface area contributed by atoms with Crippen LogP contribution in [0.2, 0.25) is 0 Å². The Bertz CT molecular complexity index is 176. The van der Waals surface area contributed by atoms with Crippen molar-refractivity contribution in [3.63, 3.8) is 0 Å². The molecular formula is C7H10O3. The molecule has 0 aromatic heterocycles. The van der Waals surface area contributed by atoms with Gasteiger partial charge in [-0.25, -0.2) is 0 Å². The molecule has 10 heavy (non-hydrogen) atoms. The zero-order chi connectivity index (χ0) is 7.30. The van der Waals surface area contributed by atoms with Gasteiger partial charge in [-0.3, -0.25) is 4.79 Å². The fourth-order valence-corrected chi connectivity index (χ4v) is 2.06. The van der Waals surface area contributed by atoms with E-state index >= 15 is 0 Å². The van der Waals surface area contributed by atoms with Crippen LogP contribution >= 0.6 is 0 Å². The third-order valence-corrected chi connectivity index (χ3v) is 2.68. The number of aliphatic hydroxyl groups is 2. The standard InChI is InChI=1S/C7H10O3/c8-5-2-3-1-4(5)7(10)6(3)9/h3-4,6-7,9-10H,1-2H2. The molecule has 2 saturated carbocycles. The molecule has 0 heterocycles. The van der Waals surface area contributed by atoms with Gasteiger partial charge in [0.2, 0.25) is 0 Å². The topological polar surface area (TPSA) is 57.5 Å². The number of Topliss-reactive ketones (excluding diaryl/α,β-unsaturated/α-hetero) is 1. The number of hydrogen-bond acceptors (Lipinski definition) is 3. The van der Waals surface area contributed by atoms with E-state index in [0.29, 0.717) is 12.8 Å². The summed E-state index contributed by atoms with van der Waals surface area (Å²) in [5.41, 5.74) is 0. The lowest BCUT2D eigenvalue weighted by Gasteiger charge is -2.20. The minimum Gasteiger partial charge on any atom is -0.390 e. The summed E-state index contributed by atoms with van der Waals surface area (Å²) in [7, 11) is 0. The van der Waals surface area contributed by atoms with Crippen LogP contribution in [0.25, 0.3) is 0 Å². The van der Waals surface area contributed by atoms with Crippen LogP contribution in [0.4, 0.5) is 0 Å². The van der Waals surface area contributed by atoms with E-state index in [1.807, 2.05) is 0 Å². The zero-order valence-electron chi connectivity index (χ0n) is 5.53. The molecule has 2 N–H and O–H groups in total. The number of ketones is 1. The van der Waals surface area contributed by atoms with Crippen LogP contribution < -0.4 is 0 Å². The number of aliphatic hydroxyl groups excluding tert-OH is 2. The Morgan fingerprint density at radius 2 is 2.00 bits per heavy atom. The van der Waals surface area contributed by atoms with Gasteiger partial charge in [-0.1, -0.05) is 0 Å². The van der Waals surface area contributed by atoms with Gasteiger partial charge in [-0.15, -0.1) is 0 Å². The summed E-state index contributed by atoms with van der Waals surface area (Å²) >= 11 is 0. The SMILES string of the molecule is O=C1CC2CC1C(O)C2O. The lowest BCUT2D eigenvalue weighted by atomic mass is 9.94. The van der Waals surface area contributed by atoms with Crippen molar-refractivity contribution in [2.24, 2.45) is 11.8 Å². The minimum absolute atomic E-state index is 0.0486. The first-order chi connectivity index (χ1) is 4.70. The smallest absolute Gasteiger partial charge is 0.139 e. The summed E-state index contributed by atoms with van der Waals surface area (Å²) in [5, 5.41) is 18.4. The molecule has 0 aliphatic heterocycles. The summed E-state index contributed by atoms with van der Waals surface area (Å²) < 4.78 is 0. The van der Waals surface area contributed by atoms with Gasteiger partial charge in [0.1, 0.15) is 5.78 Å². The maximum absolute atomic E-state index is 10.9. The van der Waals surface area contributed by atoms with Gasteiger partial charge in [0.25, 0.3) is 0 Å². The second-order valence-electron chi connectivity index (χ2n) is 3.25. The van der Waals surface area contributed by atoms with Gasteiger partial charge in [0.05, 0.1) is 12.2 Å². The second-order valence-corrected chi connectivity index (χ2v) is 3.25. The van der Waals surface area contributed by atoms with Crippen molar-refractivity contribution in [2.75, 3.05) is 0 Å². The van der Waals surface area contributed by atoms with Crippen molar-refractivity contribution in [1.29, 1.82) is 0 Å². The van der Waals surface area contributed by atoms with E-state index in [4.69, 9.17) is 0 Å². The van der Waals surface area contributed by atoms with Crippen LogP contribution in [0.3, 0.4) is 0 Å². The van der Waals surface area contributed by atoms with Gasteiger partial charge >= 0.3 is 0 Å². The largest absolute Gasteiger partial charge is 0.390 e. The maximum Gasteiger partial charge on any atom is 0.139 e. The number of fused-ring (bicyclic) bond motifs is 2. The number of hydrogen-bond donors (Lipinski definition) is 2. The highest BCUT2D eigenvalue weighted by Crippen LogP contribution is 2.42. The summed E-state index contributed by atoms with van der Waals surface area (Å²) in [6.07, 6.45) is -0.238. The summed E-state index contributed by atoms with van der Waals surface area (Å²) in [5.74, 6) is -0.0738. The summed E-state index contributed by atoms with van der Waals surface area (Å²) in [4.78, 5) is 10.9. The molecule has 2 aliphatic carbocycles. The van der Waals surface area contributed by atoms with E-state index in [1.165, 1.54) is 0 Å². The van der Waals surface area contributed by atoms with Crippen molar-refractivity contribution < 1.29 is 15.0 Å². The molecule has 0 aromatic rings. The Kier molecular flexibility index (Phi) is 1.13. The minimum atomic E-state index is -0.772. The molecule has 4 atom stereocenters. The Labute approximate surface area is 58.7 Å². The fourth-order valence-electron chi connectivity index (χ4n) is 2.06. The highest BCUT2D eigenvalue weighted by Gasteiger charge is 2.51. The summed E-state index contributed by atoms with van der Waals surface area (Å²) in [6.45, 7) is 0. The maximum atomic E-state index is 10.9. The van der Waals surface area contributed by atoms with Crippen LogP contribution in [0.1, 0.15) is 12.8 Å². The Balaban J connectivity index is 2.24. The molecule has 4 unspecified atom stereocenters. The predicted molar refractivity (Wildman–Crippen MR) is 33.2 cm³/mol. The van der Waals surface area contributed by atoms with E-state index in [1.54, 1.807) is 0 Å². The third kappa shape index (κ3) is 0.592. The molecule has 0 radical (unpaired) electrons. The molecule has 3 heteroatoms. The van der Waals surface area contributed by atoms with Crippen LogP contribution in [-0.4, -0.2) is 28.2 Å². The molecule has 2 fully saturated rings. The van der Waals surface area contributed by atoms with E-state index in [-0.39, 0.29) is 17.6 Å². The number of carbonyl (C=O) groups excluding carboxylic acids is 1. The van der Waals surface area contributed by atoms with Gasteiger partial charge in [0, 0.05) is 12.3 Å². The summed E-state index contributed by atoms with van der Waals surface area (Å²) in [6, 6.07) is 0. The predicted octanol–water partition coefficient (Wildman–Crippen LogP) is -0.683. The van der Waals surface area contributed by atoms with E-state index in [0.717, 1.165) is 0 Å². The van der Waals surface area contributed by atoms with E-state index < -0.39 is 12.2 Å². The van der Waals surface area contributed by atoms with Crippen molar-refractivity contribution in [3.05, 3.63) is 0 Å². The first kappa shape index (κ1) is 6.31. The van der Waals surface area contributed by atoms with E-state index in [9.17, 15) is 15.0 Å². The normalized spacial score (nSPS) is 52.4. The van der Waals surface area contributed by atoms with Crippen LogP contribution in [0.15, 0.2) is 0 Å². The molecule has 2 rings (SSSR count). The molecule has 0 amide bonds. The Morgan fingerprint density at radius 3 is 2.40 bits per heavy atom. The van der Waals surface area contributed by atoms with Crippen LogP contribution in [0, 0.1) is 11.8 Å². The molecule has 2 aliphatic rings. The van der Waals surface area contributed by atoms with Crippen molar-refractivity contribution in [1.82, 2.24) is 0 Å². The van der Waals surface area contributed by atoms with Crippen LogP contribution in [0.5, 0.6) is 0 Å². The molecule has 0 saturated heterocycles. The zero-order valence-corrected chi connectivity index (χ0v) is 5.53. The average Bonchev–Trinajstić information content (AvgIpc) is 2.36. The monoisotopic (exact) mass is 142 g/mol. The number of carbonyl (C=O) groups is 1. The Morgan fingerprint density at radius 1 is 1.30 bits per heavy atom. The lowest BCUT2D eigenvalue weighted by Crippen LogP contribution is -2.36. The molecule has 0 spiro atoms. The molecular weight excluding hydrogens is 132 g/mol. The van der Waals surface area contributed by atoms with Crippen LogP contribution in [-0.2, 0) is 4.79 Å². The highest BCUT2D eigenvalue weighted by molar-refractivity contribution is 5.85. The average molecular weight is 142 g/mol. The van der Waals surface area contributed by atoms with Gasteiger partial charge in [-0.05, 0) is 12.3 Å². The van der Waals surface area contributed by atoms with Gasteiger partial charge in [0.15, 0.2) is 0 Å². The molecule has 56 valence electrons. The molecule has 2 bridgehead atoms. The van der Waals surface area contributed by atoms with E-state index in [2.05, 4.69) is 0 Å². The van der Waals surface area contributed by atoms with Gasteiger partial charge in [-0.2, -0.15) is 0 Å². The third-order valence-electron chi connectivity index (χ3n) is 2.68. The van der Waals surface area contributed by atoms with Crippen molar-refractivity contribution >= 4 is 5.78 Å². The lowest BCUT2D eigenvalue weighted by molar-refractivity contribution is -0.129. The van der Waals surface area contributed by atoms with Gasteiger partial charge < -0.3 is 10.2 Å². The Hall–Kier alpha value is -0.410. The molecule has 3 nitrogen and oxygen atoms in total. The van der Waals surface area contributed by atoms with Crippen molar-refractivity contribution in [3.8, 4) is 0 Å². The fraction of sp³-hybridized carbons (Fsp3) is 0.857. The number of rotatable bonds is 0. The molecule has 0 aromatic carbocycles. The van der Waals surface area contributed by atoms with Crippen molar-refractivity contribution in [2.45, 2.75) is 25.0 Å². The first-order valence-corrected chi connectivity index (χ1v) is 3.59. The first-order valence-electron chi connectivity index (χ1n) is 3.59.